The summed E-state index contributed by atoms with van der Waals surface area (Å²) in [6, 6.07) is 0. The second-order valence-corrected chi connectivity index (χ2v) is 2.78. The van der Waals surface area contributed by atoms with Crippen molar-refractivity contribution in [2.24, 2.45) is 0 Å². The third kappa shape index (κ3) is 1.80. The van der Waals surface area contributed by atoms with Gasteiger partial charge in [-0.25, -0.2) is 9.97 Å². The highest BCUT2D eigenvalue weighted by Gasteiger charge is 2.10. The molecule has 60 valence electrons. The first-order chi connectivity index (χ1) is 5.13. The summed E-state index contributed by atoms with van der Waals surface area (Å²) in [6.07, 6.45) is 0.541. The molecule has 1 aromatic heterocycles. The first-order valence-electron chi connectivity index (χ1n) is 2.97. The van der Waals surface area contributed by atoms with E-state index in [-0.39, 0.29) is 10.2 Å². The molecule has 0 fully saturated rings. The standard InChI is InChI=1S/C6H6Cl2N2O/c1-3(11)5-4(7)6(8)10-2-9-5/h2-3,11H,1H3. The van der Waals surface area contributed by atoms with Gasteiger partial charge in [0.2, 0.25) is 0 Å². The monoisotopic (exact) mass is 192 g/mol. The molecular formula is C6H6Cl2N2O. The Labute approximate surface area is 74.0 Å². The molecule has 3 nitrogen and oxygen atoms in total. The lowest BCUT2D eigenvalue weighted by atomic mass is 10.3. The largest absolute Gasteiger partial charge is 0.387 e. The summed E-state index contributed by atoms with van der Waals surface area (Å²) in [5.74, 6) is 0. The van der Waals surface area contributed by atoms with Crippen LogP contribution in [-0.2, 0) is 0 Å². The van der Waals surface area contributed by atoms with Crippen molar-refractivity contribution >= 4 is 23.2 Å². The minimum atomic E-state index is -0.719. The Bertz CT molecular complexity index is 265. The fourth-order valence-corrected chi connectivity index (χ4v) is 1.05. The average molecular weight is 193 g/mol. The second-order valence-electron chi connectivity index (χ2n) is 2.04. The predicted molar refractivity (Wildman–Crippen MR) is 42.7 cm³/mol. The first kappa shape index (κ1) is 8.71. The lowest BCUT2D eigenvalue weighted by Crippen LogP contribution is -1.97. The zero-order valence-electron chi connectivity index (χ0n) is 5.75. The molecule has 1 unspecified atom stereocenters. The Balaban J connectivity index is 3.17. The summed E-state index contributed by atoms with van der Waals surface area (Å²) < 4.78 is 0. The van der Waals surface area contributed by atoms with Gasteiger partial charge in [0.1, 0.15) is 11.3 Å². The van der Waals surface area contributed by atoms with Gasteiger partial charge >= 0.3 is 0 Å². The smallest absolute Gasteiger partial charge is 0.151 e. The van der Waals surface area contributed by atoms with Gasteiger partial charge in [-0.15, -0.1) is 0 Å². The normalized spacial score (nSPS) is 13.1. The fraction of sp³-hybridized carbons (Fsp3) is 0.333. The average Bonchev–Trinajstić information content (AvgIpc) is 1.94. The zero-order valence-corrected chi connectivity index (χ0v) is 7.26. The molecule has 1 atom stereocenters. The van der Waals surface area contributed by atoms with Crippen LogP contribution in [0.3, 0.4) is 0 Å². The molecule has 0 aliphatic carbocycles. The van der Waals surface area contributed by atoms with E-state index in [1.54, 1.807) is 6.92 Å². The predicted octanol–water partition coefficient (Wildman–Crippen LogP) is 1.84. The van der Waals surface area contributed by atoms with Crippen molar-refractivity contribution in [3.05, 3.63) is 22.2 Å². The summed E-state index contributed by atoms with van der Waals surface area (Å²) in [4.78, 5) is 7.39. The summed E-state index contributed by atoms with van der Waals surface area (Å²) in [7, 11) is 0. The third-order valence-electron chi connectivity index (χ3n) is 1.17. The van der Waals surface area contributed by atoms with Crippen LogP contribution in [0, 0.1) is 0 Å². The van der Waals surface area contributed by atoms with E-state index in [1.165, 1.54) is 6.33 Å². The molecule has 0 bridgehead atoms. The Morgan fingerprint density at radius 1 is 1.45 bits per heavy atom. The van der Waals surface area contributed by atoms with Crippen LogP contribution >= 0.6 is 23.2 Å². The van der Waals surface area contributed by atoms with E-state index in [2.05, 4.69) is 9.97 Å². The van der Waals surface area contributed by atoms with Crippen LogP contribution in [0.4, 0.5) is 0 Å². The van der Waals surface area contributed by atoms with Crippen LogP contribution in [0.1, 0.15) is 18.7 Å². The van der Waals surface area contributed by atoms with Gasteiger partial charge in [-0.05, 0) is 6.92 Å². The lowest BCUT2D eigenvalue weighted by Gasteiger charge is -2.04. The van der Waals surface area contributed by atoms with Crippen LogP contribution in [-0.4, -0.2) is 15.1 Å². The maximum atomic E-state index is 9.10. The van der Waals surface area contributed by atoms with E-state index in [1.807, 2.05) is 0 Å². The van der Waals surface area contributed by atoms with Crippen LogP contribution in [0.15, 0.2) is 6.33 Å². The van der Waals surface area contributed by atoms with Crippen LogP contribution in [0.2, 0.25) is 10.2 Å². The molecular weight excluding hydrogens is 187 g/mol. The van der Waals surface area contributed by atoms with Crippen LogP contribution < -0.4 is 0 Å². The van der Waals surface area contributed by atoms with Crippen molar-refractivity contribution in [3.63, 3.8) is 0 Å². The van der Waals surface area contributed by atoms with E-state index in [0.717, 1.165) is 0 Å². The van der Waals surface area contributed by atoms with Crippen molar-refractivity contribution < 1.29 is 5.11 Å². The lowest BCUT2D eigenvalue weighted by molar-refractivity contribution is 0.194. The first-order valence-corrected chi connectivity index (χ1v) is 3.72. The molecule has 1 rings (SSSR count). The molecule has 0 aliphatic heterocycles. The highest BCUT2D eigenvalue weighted by atomic mass is 35.5. The molecule has 0 amide bonds. The maximum absolute atomic E-state index is 9.10. The highest BCUT2D eigenvalue weighted by Crippen LogP contribution is 2.25. The molecule has 11 heavy (non-hydrogen) atoms. The molecule has 0 aromatic carbocycles. The summed E-state index contributed by atoms with van der Waals surface area (Å²) in [6.45, 7) is 1.56. The van der Waals surface area contributed by atoms with Gasteiger partial charge in [-0.2, -0.15) is 0 Å². The van der Waals surface area contributed by atoms with E-state index in [4.69, 9.17) is 28.3 Å². The number of nitrogens with zero attached hydrogens (tertiary/aromatic N) is 2. The van der Waals surface area contributed by atoms with E-state index in [0.29, 0.717) is 5.69 Å². The van der Waals surface area contributed by atoms with E-state index in [9.17, 15) is 0 Å². The Morgan fingerprint density at radius 3 is 2.55 bits per heavy atom. The Hall–Kier alpha value is -0.380. The summed E-state index contributed by atoms with van der Waals surface area (Å²) in [5.41, 5.74) is 0.353. The van der Waals surface area contributed by atoms with Gasteiger partial charge in [0, 0.05) is 0 Å². The quantitative estimate of drug-likeness (QED) is 0.692. The van der Waals surface area contributed by atoms with Crippen molar-refractivity contribution in [1.29, 1.82) is 0 Å². The van der Waals surface area contributed by atoms with Gasteiger partial charge < -0.3 is 5.11 Å². The van der Waals surface area contributed by atoms with Crippen LogP contribution in [0.5, 0.6) is 0 Å². The highest BCUT2D eigenvalue weighted by molar-refractivity contribution is 6.41. The Morgan fingerprint density at radius 2 is 2.09 bits per heavy atom. The van der Waals surface area contributed by atoms with Crippen molar-refractivity contribution in [2.45, 2.75) is 13.0 Å². The second kappa shape index (κ2) is 3.34. The van der Waals surface area contributed by atoms with Gasteiger partial charge in [0.25, 0.3) is 0 Å². The molecule has 0 saturated heterocycles. The van der Waals surface area contributed by atoms with Crippen molar-refractivity contribution in [2.75, 3.05) is 0 Å². The van der Waals surface area contributed by atoms with Gasteiger partial charge in [-0.1, -0.05) is 23.2 Å². The van der Waals surface area contributed by atoms with Crippen LogP contribution in [0.25, 0.3) is 0 Å². The number of halogens is 2. The number of aromatic nitrogens is 2. The van der Waals surface area contributed by atoms with Gasteiger partial charge in [0.15, 0.2) is 5.15 Å². The number of rotatable bonds is 1. The molecule has 1 N–H and O–H groups in total. The summed E-state index contributed by atoms with van der Waals surface area (Å²) >= 11 is 11.2. The molecule has 1 aromatic rings. The third-order valence-corrected chi connectivity index (χ3v) is 1.93. The number of hydrogen-bond acceptors (Lipinski definition) is 3. The summed E-state index contributed by atoms with van der Waals surface area (Å²) in [5, 5.41) is 9.47. The molecule has 0 radical (unpaired) electrons. The van der Waals surface area contributed by atoms with E-state index >= 15 is 0 Å². The fourth-order valence-electron chi connectivity index (χ4n) is 0.652. The van der Waals surface area contributed by atoms with Crippen molar-refractivity contribution in [1.82, 2.24) is 9.97 Å². The van der Waals surface area contributed by atoms with Gasteiger partial charge in [-0.3, -0.25) is 0 Å². The van der Waals surface area contributed by atoms with Gasteiger partial charge in [0.05, 0.1) is 11.8 Å². The topological polar surface area (TPSA) is 46.0 Å². The number of aliphatic hydroxyl groups excluding tert-OH is 1. The Kier molecular flexibility index (Phi) is 2.65. The number of hydrogen-bond donors (Lipinski definition) is 1. The number of aliphatic hydroxyl groups is 1. The minimum Gasteiger partial charge on any atom is -0.387 e. The minimum absolute atomic E-state index is 0.164. The molecule has 5 heteroatoms. The molecule has 0 spiro atoms. The molecule has 0 saturated carbocycles. The van der Waals surface area contributed by atoms with E-state index < -0.39 is 6.10 Å². The maximum Gasteiger partial charge on any atom is 0.151 e. The molecule has 1 heterocycles. The molecule has 0 aliphatic rings. The SMILES string of the molecule is CC(O)c1ncnc(Cl)c1Cl. The zero-order chi connectivity index (χ0) is 8.43. The van der Waals surface area contributed by atoms with Crippen molar-refractivity contribution in [3.8, 4) is 0 Å².